The Morgan fingerprint density at radius 3 is 2.73 bits per heavy atom. The van der Waals surface area contributed by atoms with Crippen molar-refractivity contribution in [1.82, 2.24) is 4.98 Å². The molecule has 5 heteroatoms. The zero-order valence-electron chi connectivity index (χ0n) is 8.46. The van der Waals surface area contributed by atoms with Crippen molar-refractivity contribution >= 4 is 5.97 Å². The van der Waals surface area contributed by atoms with Crippen LogP contribution in [0, 0.1) is 6.92 Å². The first-order valence-electron chi connectivity index (χ1n) is 4.35. The van der Waals surface area contributed by atoms with Crippen LogP contribution in [-0.2, 0) is 16.0 Å². The normalized spacial score (nSPS) is 10.5. The van der Waals surface area contributed by atoms with E-state index in [2.05, 4.69) is 9.72 Å². The van der Waals surface area contributed by atoms with Crippen molar-refractivity contribution in [1.29, 1.82) is 0 Å². The van der Waals surface area contributed by atoms with Crippen LogP contribution in [0.15, 0.2) is 12.1 Å². The smallest absolute Gasteiger partial charge is 0.311 e. The predicted molar refractivity (Wildman–Crippen MR) is 49.7 cm³/mol. The minimum absolute atomic E-state index is 0.0854. The monoisotopic (exact) mass is 215 g/mol. The van der Waals surface area contributed by atoms with Crippen LogP contribution >= 0.6 is 0 Å². The highest BCUT2D eigenvalue weighted by molar-refractivity contribution is 5.71. The first kappa shape index (κ1) is 11.6. The molecule has 1 heterocycles. The summed E-state index contributed by atoms with van der Waals surface area (Å²) in [4.78, 5) is 14.9. The quantitative estimate of drug-likeness (QED) is 0.724. The van der Waals surface area contributed by atoms with Crippen molar-refractivity contribution in [3.05, 3.63) is 29.1 Å². The Hall–Kier alpha value is -1.52. The van der Waals surface area contributed by atoms with Gasteiger partial charge in [0.25, 0.3) is 6.43 Å². The zero-order chi connectivity index (χ0) is 11.4. The number of nitrogens with zero attached hydrogens (tertiary/aromatic N) is 1. The SMILES string of the molecule is COC(=O)Cc1cc(C(F)F)cc(C)n1. The molecule has 0 amide bonds. The van der Waals surface area contributed by atoms with Gasteiger partial charge >= 0.3 is 5.97 Å². The maximum atomic E-state index is 12.4. The van der Waals surface area contributed by atoms with E-state index in [1.165, 1.54) is 19.2 Å². The van der Waals surface area contributed by atoms with E-state index in [9.17, 15) is 13.6 Å². The fourth-order valence-electron chi connectivity index (χ4n) is 1.20. The van der Waals surface area contributed by atoms with Crippen LogP contribution < -0.4 is 0 Å². The van der Waals surface area contributed by atoms with Crippen LogP contribution in [0.1, 0.15) is 23.4 Å². The standard InChI is InChI=1S/C10H11F2NO2/c1-6-3-7(10(11)12)4-8(13-6)5-9(14)15-2/h3-4,10H,5H2,1-2H3. The second-order valence-electron chi connectivity index (χ2n) is 3.09. The van der Waals surface area contributed by atoms with Crippen molar-refractivity contribution in [3.63, 3.8) is 0 Å². The van der Waals surface area contributed by atoms with Gasteiger partial charge < -0.3 is 4.74 Å². The molecule has 0 bridgehead atoms. The van der Waals surface area contributed by atoms with E-state index in [-0.39, 0.29) is 12.0 Å². The number of hydrogen-bond acceptors (Lipinski definition) is 3. The largest absolute Gasteiger partial charge is 0.469 e. The Morgan fingerprint density at radius 2 is 2.20 bits per heavy atom. The summed E-state index contributed by atoms with van der Waals surface area (Å²) in [6.07, 6.45) is -2.64. The molecule has 0 radical (unpaired) electrons. The fraction of sp³-hybridized carbons (Fsp3) is 0.400. The molecule has 0 aliphatic carbocycles. The van der Waals surface area contributed by atoms with Gasteiger partial charge in [-0.15, -0.1) is 0 Å². The molecular weight excluding hydrogens is 204 g/mol. The summed E-state index contributed by atoms with van der Waals surface area (Å²) in [5.41, 5.74) is 0.644. The number of halogens is 2. The van der Waals surface area contributed by atoms with Crippen molar-refractivity contribution in [3.8, 4) is 0 Å². The Labute approximate surface area is 86.1 Å². The van der Waals surface area contributed by atoms with Gasteiger partial charge in [-0.25, -0.2) is 8.78 Å². The Balaban J connectivity index is 2.93. The van der Waals surface area contributed by atoms with Crippen LogP contribution in [0.3, 0.4) is 0 Å². The molecule has 0 saturated heterocycles. The van der Waals surface area contributed by atoms with E-state index < -0.39 is 12.4 Å². The van der Waals surface area contributed by atoms with E-state index >= 15 is 0 Å². The summed E-state index contributed by atoms with van der Waals surface area (Å²) < 4.78 is 29.2. The highest BCUT2D eigenvalue weighted by Gasteiger charge is 2.11. The number of carbonyl (C=O) groups excluding carboxylic acids is 1. The number of alkyl halides is 2. The van der Waals surface area contributed by atoms with Gasteiger partial charge in [0.1, 0.15) is 0 Å². The molecule has 1 aromatic heterocycles. The molecule has 0 saturated carbocycles. The lowest BCUT2D eigenvalue weighted by atomic mass is 10.1. The molecular formula is C10H11F2NO2. The number of esters is 1. The fourth-order valence-corrected chi connectivity index (χ4v) is 1.20. The van der Waals surface area contributed by atoms with Gasteiger partial charge in [-0.3, -0.25) is 9.78 Å². The van der Waals surface area contributed by atoms with Crippen LogP contribution in [0.4, 0.5) is 8.78 Å². The number of ether oxygens (including phenoxy) is 1. The number of aromatic nitrogens is 1. The summed E-state index contributed by atoms with van der Waals surface area (Å²) >= 11 is 0. The summed E-state index contributed by atoms with van der Waals surface area (Å²) in [6, 6.07) is 2.51. The lowest BCUT2D eigenvalue weighted by Crippen LogP contribution is -2.07. The van der Waals surface area contributed by atoms with Crippen LogP contribution in [0.5, 0.6) is 0 Å². The van der Waals surface area contributed by atoms with Gasteiger partial charge in [-0.1, -0.05) is 0 Å². The van der Waals surface area contributed by atoms with Crippen LogP contribution in [0.2, 0.25) is 0 Å². The van der Waals surface area contributed by atoms with E-state index in [1.54, 1.807) is 6.92 Å². The molecule has 0 aromatic carbocycles. The van der Waals surface area contributed by atoms with Crippen LogP contribution in [0.25, 0.3) is 0 Å². The molecule has 1 rings (SSSR count). The van der Waals surface area contributed by atoms with E-state index in [0.717, 1.165) is 0 Å². The van der Waals surface area contributed by atoms with Gasteiger partial charge in [0.05, 0.1) is 19.2 Å². The molecule has 82 valence electrons. The molecule has 0 unspecified atom stereocenters. The molecule has 0 fully saturated rings. The highest BCUT2D eigenvalue weighted by Crippen LogP contribution is 2.20. The molecule has 0 aliphatic rings. The molecule has 1 aromatic rings. The Bertz CT molecular complexity index is 366. The maximum absolute atomic E-state index is 12.4. The minimum Gasteiger partial charge on any atom is -0.469 e. The van der Waals surface area contributed by atoms with Crippen molar-refractivity contribution < 1.29 is 18.3 Å². The number of pyridine rings is 1. The Morgan fingerprint density at radius 1 is 1.53 bits per heavy atom. The van der Waals surface area contributed by atoms with Gasteiger partial charge in [-0.2, -0.15) is 0 Å². The van der Waals surface area contributed by atoms with Crippen molar-refractivity contribution in [2.45, 2.75) is 19.8 Å². The molecule has 0 spiro atoms. The summed E-state index contributed by atoms with van der Waals surface area (Å²) in [5, 5.41) is 0. The summed E-state index contributed by atoms with van der Waals surface area (Å²) in [6.45, 7) is 1.60. The van der Waals surface area contributed by atoms with E-state index in [1.807, 2.05) is 0 Å². The molecule has 15 heavy (non-hydrogen) atoms. The number of rotatable bonds is 3. The van der Waals surface area contributed by atoms with Crippen LogP contribution in [-0.4, -0.2) is 18.1 Å². The van der Waals surface area contributed by atoms with Gasteiger partial charge in [0.2, 0.25) is 0 Å². The van der Waals surface area contributed by atoms with E-state index in [4.69, 9.17) is 0 Å². The molecule has 0 aliphatic heterocycles. The topological polar surface area (TPSA) is 39.2 Å². The number of aryl methyl sites for hydroxylation is 1. The molecule has 0 atom stereocenters. The summed E-state index contributed by atoms with van der Waals surface area (Å²) in [5.74, 6) is -0.492. The third-order valence-electron chi connectivity index (χ3n) is 1.83. The second-order valence-corrected chi connectivity index (χ2v) is 3.09. The first-order chi connectivity index (χ1) is 7.02. The van der Waals surface area contributed by atoms with Crippen molar-refractivity contribution in [2.24, 2.45) is 0 Å². The number of carbonyl (C=O) groups is 1. The zero-order valence-corrected chi connectivity index (χ0v) is 8.46. The van der Waals surface area contributed by atoms with E-state index in [0.29, 0.717) is 11.4 Å². The van der Waals surface area contributed by atoms with Gasteiger partial charge in [-0.05, 0) is 19.1 Å². The summed E-state index contributed by atoms with van der Waals surface area (Å²) in [7, 11) is 1.24. The van der Waals surface area contributed by atoms with Gasteiger partial charge in [0.15, 0.2) is 0 Å². The maximum Gasteiger partial charge on any atom is 0.311 e. The van der Waals surface area contributed by atoms with Crippen molar-refractivity contribution in [2.75, 3.05) is 7.11 Å². The number of methoxy groups -OCH3 is 1. The molecule has 0 N–H and O–H groups in total. The highest BCUT2D eigenvalue weighted by atomic mass is 19.3. The third-order valence-corrected chi connectivity index (χ3v) is 1.83. The average molecular weight is 215 g/mol. The third kappa shape index (κ3) is 3.27. The Kier molecular flexibility index (Phi) is 3.71. The minimum atomic E-state index is -2.55. The first-order valence-corrected chi connectivity index (χ1v) is 4.35. The van der Waals surface area contributed by atoms with Gasteiger partial charge in [0, 0.05) is 11.3 Å². The molecule has 3 nitrogen and oxygen atoms in total. The average Bonchev–Trinajstić information content (AvgIpc) is 2.16. The number of hydrogen-bond donors (Lipinski definition) is 0. The predicted octanol–water partition coefficient (Wildman–Crippen LogP) is 2.04. The lowest BCUT2D eigenvalue weighted by Gasteiger charge is -2.05. The second kappa shape index (κ2) is 4.82. The lowest BCUT2D eigenvalue weighted by molar-refractivity contribution is -0.139.